The summed E-state index contributed by atoms with van der Waals surface area (Å²) in [6, 6.07) is 11.7. The second-order valence-corrected chi connectivity index (χ2v) is 5.32. The summed E-state index contributed by atoms with van der Waals surface area (Å²) in [5.74, 6) is 0. The van der Waals surface area contributed by atoms with E-state index in [1.54, 1.807) is 12.1 Å². The highest BCUT2D eigenvalue weighted by Crippen LogP contribution is 2.31. The largest absolute Gasteiger partial charge is 0.416 e. The summed E-state index contributed by atoms with van der Waals surface area (Å²) < 4.78 is 38.3. The first-order valence-corrected chi connectivity index (χ1v) is 6.56. The van der Waals surface area contributed by atoms with Crippen LogP contribution in [-0.2, 0) is 6.18 Å². The van der Waals surface area contributed by atoms with Gasteiger partial charge in [0, 0.05) is 3.57 Å². The van der Waals surface area contributed by atoms with Gasteiger partial charge < -0.3 is 5.11 Å². The molecule has 100 valence electrons. The number of hydrogen-bond acceptors (Lipinski definition) is 1. The van der Waals surface area contributed by atoms with E-state index in [1.165, 1.54) is 12.1 Å². The van der Waals surface area contributed by atoms with Gasteiger partial charge in [-0.1, -0.05) is 24.3 Å². The SMILES string of the molecule is OC(c1ccc(I)cc1)c1ccc(C(F)(F)F)cc1. The number of halogens is 4. The molecule has 0 heterocycles. The molecule has 5 heteroatoms. The first kappa shape index (κ1) is 14.3. The molecular formula is C14H10F3IO. The molecule has 1 atom stereocenters. The summed E-state index contributed by atoms with van der Waals surface area (Å²) in [7, 11) is 0. The molecule has 0 aromatic heterocycles. The van der Waals surface area contributed by atoms with Crippen LogP contribution in [0.1, 0.15) is 22.8 Å². The van der Waals surface area contributed by atoms with Crippen LogP contribution in [0.25, 0.3) is 0 Å². The van der Waals surface area contributed by atoms with E-state index in [4.69, 9.17) is 0 Å². The van der Waals surface area contributed by atoms with Crippen molar-refractivity contribution in [3.05, 3.63) is 68.8 Å². The van der Waals surface area contributed by atoms with Crippen molar-refractivity contribution in [3.63, 3.8) is 0 Å². The molecule has 2 aromatic rings. The summed E-state index contributed by atoms with van der Waals surface area (Å²) in [4.78, 5) is 0. The highest BCUT2D eigenvalue weighted by Gasteiger charge is 2.30. The number of alkyl halides is 3. The van der Waals surface area contributed by atoms with Crippen molar-refractivity contribution in [2.45, 2.75) is 12.3 Å². The molecule has 0 aliphatic carbocycles. The first-order chi connectivity index (χ1) is 8.88. The van der Waals surface area contributed by atoms with E-state index >= 15 is 0 Å². The second kappa shape index (κ2) is 5.50. The van der Waals surface area contributed by atoms with Gasteiger partial charge >= 0.3 is 6.18 Å². The monoisotopic (exact) mass is 378 g/mol. The zero-order valence-corrected chi connectivity index (χ0v) is 11.8. The van der Waals surface area contributed by atoms with Gasteiger partial charge in [0.15, 0.2) is 0 Å². The van der Waals surface area contributed by atoms with Gasteiger partial charge in [0.2, 0.25) is 0 Å². The minimum Gasteiger partial charge on any atom is -0.384 e. The molecule has 0 bridgehead atoms. The molecule has 0 radical (unpaired) electrons. The average molecular weight is 378 g/mol. The predicted octanol–water partition coefficient (Wildman–Crippen LogP) is 4.39. The lowest BCUT2D eigenvalue weighted by Crippen LogP contribution is -2.06. The molecule has 0 saturated carbocycles. The van der Waals surface area contributed by atoms with Crippen LogP contribution >= 0.6 is 22.6 Å². The summed E-state index contributed by atoms with van der Waals surface area (Å²) in [5, 5.41) is 10.1. The van der Waals surface area contributed by atoms with Crippen LogP contribution in [0.5, 0.6) is 0 Å². The van der Waals surface area contributed by atoms with Gasteiger partial charge in [0.05, 0.1) is 5.56 Å². The van der Waals surface area contributed by atoms with Gasteiger partial charge in [-0.25, -0.2) is 0 Å². The Kier molecular flexibility index (Phi) is 4.15. The van der Waals surface area contributed by atoms with Crippen LogP contribution in [0.3, 0.4) is 0 Å². The molecule has 0 aliphatic rings. The molecule has 1 N–H and O–H groups in total. The lowest BCUT2D eigenvalue weighted by Gasteiger charge is -2.13. The number of benzene rings is 2. The Balaban J connectivity index is 2.25. The zero-order chi connectivity index (χ0) is 14.0. The molecule has 0 spiro atoms. The maximum Gasteiger partial charge on any atom is 0.416 e. The summed E-state index contributed by atoms with van der Waals surface area (Å²) in [5.41, 5.74) is 0.375. The first-order valence-electron chi connectivity index (χ1n) is 5.48. The Hall–Kier alpha value is -1.08. The fourth-order valence-electron chi connectivity index (χ4n) is 1.69. The number of rotatable bonds is 2. The Labute approximate surface area is 122 Å². The fraction of sp³-hybridized carbons (Fsp3) is 0.143. The van der Waals surface area contributed by atoms with Crippen LogP contribution in [0.2, 0.25) is 0 Å². The maximum absolute atomic E-state index is 12.4. The van der Waals surface area contributed by atoms with Crippen LogP contribution < -0.4 is 0 Å². The summed E-state index contributed by atoms with van der Waals surface area (Å²) in [6.45, 7) is 0. The molecule has 0 fully saturated rings. The van der Waals surface area contributed by atoms with E-state index in [0.29, 0.717) is 11.1 Å². The molecule has 0 saturated heterocycles. The minimum absolute atomic E-state index is 0.439. The standard InChI is InChI=1S/C14H10F3IO/c15-14(16,17)11-5-1-9(2-6-11)13(19)10-3-7-12(18)8-4-10/h1-8,13,19H. The normalized spacial score (nSPS) is 13.3. The van der Waals surface area contributed by atoms with E-state index in [-0.39, 0.29) is 0 Å². The van der Waals surface area contributed by atoms with Crippen molar-refractivity contribution in [1.29, 1.82) is 0 Å². The van der Waals surface area contributed by atoms with Crippen molar-refractivity contribution >= 4 is 22.6 Å². The third kappa shape index (κ3) is 3.48. The van der Waals surface area contributed by atoms with Crippen LogP contribution in [0.4, 0.5) is 13.2 Å². The molecule has 19 heavy (non-hydrogen) atoms. The van der Waals surface area contributed by atoms with E-state index in [0.717, 1.165) is 15.7 Å². The molecule has 2 rings (SSSR count). The Bertz CT molecular complexity index is 546. The number of hydrogen-bond donors (Lipinski definition) is 1. The van der Waals surface area contributed by atoms with Gasteiger partial charge in [0.1, 0.15) is 6.10 Å². The second-order valence-electron chi connectivity index (χ2n) is 4.07. The van der Waals surface area contributed by atoms with Gasteiger partial charge in [-0.05, 0) is 58.0 Å². The van der Waals surface area contributed by atoms with Crippen LogP contribution in [0.15, 0.2) is 48.5 Å². The van der Waals surface area contributed by atoms with E-state index in [9.17, 15) is 18.3 Å². The minimum atomic E-state index is -4.35. The predicted molar refractivity (Wildman–Crippen MR) is 74.7 cm³/mol. The lowest BCUT2D eigenvalue weighted by atomic mass is 10.0. The molecule has 1 nitrogen and oxygen atoms in total. The average Bonchev–Trinajstić information content (AvgIpc) is 2.38. The van der Waals surface area contributed by atoms with E-state index in [1.807, 2.05) is 12.1 Å². The van der Waals surface area contributed by atoms with Crippen LogP contribution in [0, 0.1) is 3.57 Å². The number of aliphatic hydroxyl groups is 1. The van der Waals surface area contributed by atoms with E-state index < -0.39 is 17.8 Å². The highest BCUT2D eigenvalue weighted by atomic mass is 127. The summed E-state index contributed by atoms with van der Waals surface area (Å²) in [6.07, 6.45) is -5.27. The number of aliphatic hydroxyl groups excluding tert-OH is 1. The lowest BCUT2D eigenvalue weighted by molar-refractivity contribution is -0.137. The zero-order valence-electron chi connectivity index (χ0n) is 9.66. The van der Waals surface area contributed by atoms with E-state index in [2.05, 4.69) is 22.6 Å². The highest BCUT2D eigenvalue weighted by molar-refractivity contribution is 14.1. The van der Waals surface area contributed by atoms with Gasteiger partial charge in [0.25, 0.3) is 0 Å². The molecular weight excluding hydrogens is 368 g/mol. The van der Waals surface area contributed by atoms with Gasteiger partial charge in [-0.15, -0.1) is 0 Å². The smallest absolute Gasteiger partial charge is 0.384 e. The molecule has 0 amide bonds. The van der Waals surface area contributed by atoms with Crippen molar-refractivity contribution in [1.82, 2.24) is 0 Å². The quantitative estimate of drug-likeness (QED) is 0.769. The van der Waals surface area contributed by atoms with Crippen molar-refractivity contribution in [2.24, 2.45) is 0 Å². The third-order valence-corrected chi connectivity index (χ3v) is 3.46. The molecule has 0 aliphatic heterocycles. The van der Waals surface area contributed by atoms with Gasteiger partial charge in [-0.2, -0.15) is 13.2 Å². The Morgan fingerprint density at radius 3 is 1.68 bits per heavy atom. The molecule has 1 unspecified atom stereocenters. The van der Waals surface area contributed by atoms with Crippen molar-refractivity contribution in [3.8, 4) is 0 Å². The topological polar surface area (TPSA) is 20.2 Å². The van der Waals surface area contributed by atoms with Gasteiger partial charge in [-0.3, -0.25) is 0 Å². The van der Waals surface area contributed by atoms with Crippen LogP contribution in [-0.4, -0.2) is 5.11 Å². The third-order valence-electron chi connectivity index (χ3n) is 2.74. The molecule has 2 aromatic carbocycles. The summed E-state index contributed by atoms with van der Waals surface area (Å²) >= 11 is 2.14. The van der Waals surface area contributed by atoms with Crippen molar-refractivity contribution < 1.29 is 18.3 Å². The fourth-order valence-corrected chi connectivity index (χ4v) is 2.05. The maximum atomic E-state index is 12.4. The Morgan fingerprint density at radius 2 is 1.26 bits per heavy atom. The Morgan fingerprint density at radius 1 is 0.842 bits per heavy atom. The van der Waals surface area contributed by atoms with Crippen molar-refractivity contribution in [2.75, 3.05) is 0 Å².